The van der Waals surface area contributed by atoms with Crippen LogP contribution in [0.4, 0.5) is 8.78 Å². The lowest BCUT2D eigenvalue weighted by atomic mass is 10.1. The van der Waals surface area contributed by atoms with Crippen LogP contribution in [-0.4, -0.2) is 76.7 Å². The van der Waals surface area contributed by atoms with Crippen LogP contribution in [0, 0.1) is 0 Å². The Kier molecular flexibility index (Phi) is 8.65. The van der Waals surface area contributed by atoms with Crippen molar-refractivity contribution < 1.29 is 36.3 Å². The number of likely N-dealkylation sites (tertiary alicyclic amines) is 1. The highest BCUT2D eigenvalue weighted by atomic mass is 79.9. The first-order valence-corrected chi connectivity index (χ1v) is 16.5. The van der Waals surface area contributed by atoms with Crippen molar-refractivity contribution >= 4 is 54.6 Å². The maximum absolute atomic E-state index is 13.8. The summed E-state index contributed by atoms with van der Waals surface area (Å²) < 4.78 is 60.6. The summed E-state index contributed by atoms with van der Waals surface area (Å²) in [4.78, 5) is 46.8. The van der Waals surface area contributed by atoms with Crippen molar-refractivity contribution in [2.24, 2.45) is 0 Å². The number of pyridine rings is 1. The van der Waals surface area contributed by atoms with Crippen molar-refractivity contribution in [2.75, 3.05) is 13.1 Å². The number of halogens is 3. The average Bonchev–Trinajstić information content (AvgIpc) is 3.71. The molecular formula is C31H28BrF2N5O6S. The Morgan fingerprint density at radius 2 is 1.89 bits per heavy atom. The van der Waals surface area contributed by atoms with E-state index in [2.05, 4.69) is 31.0 Å². The third-order valence-corrected chi connectivity index (χ3v) is 10.4. The Morgan fingerprint density at radius 1 is 1.13 bits per heavy atom. The van der Waals surface area contributed by atoms with Gasteiger partial charge in [-0.2, -0.15) is 8.78 Å². The first-order valence-electron chi connectivity index (χ1n) is 14.3. The number of amides is 3. The number of benzene rings is 2. The molecule has 2 aliphatic heterocycles. The minimum Gasteiger partial charge on any atom is -0.346 e. The Hall–Kier alpha value is -4.21. The Labute approximate surface area is 271 Å². The molecule has 46 heavy (non-hydrogen) atoms. The van der Waals surface area contributed by atoms with E-state index in [1.54, 1.807) is 55.5 Å². The summed E-state index contributed by atoms with van der Waals surface area (Å²) in [7, 11) is -4.11. The summed E-state index contributed by atoms with van der Waals surface area (Å²) in [5.41, 5.74) is 1.76. The van der Waals surface area contributed by atoms with Crippen molar-refractivity contribution in [3.8, 4) is 0 Å². The number of hydrogen-bond acceptors (Lipinski definition) is 7. The second kappa shape index (κ2) is 12.5. The molecule has 0 spiro atoms. The maximum Gasteiger partial charge on any atom is 0.345 e. The highest BCUT2D eigenvalue weighted by Gasteiger charge is 2.43. The molecule has 3 atom stereocenters. The number of hydrogen-bond donors (Lipinski definition) is 1. The van der Waals surface area contributed by atoms with Crippen LogP contribution >= 0.6 is 15.9 Å². The number of carbonyl (C=O) groups is 3. The summed E-state index contributed by atoms with van der Waals surface area (Å²) in [5.74, 6) is -1.65. The number of carbonyl (C=O) groups excluding carboxylic acids is 3. The van der Waals surface area contributed by atoms with E-state index in [9.17, 15) is 31.6 Å². The molecule has 240 valence electrons. The molecular weight excluding hydrogens is 688 g/mol. The lowest BCUT2D eigenvalue weighted by Gasteiger charge is -2.27. The van der Waals surface area contributed by atoms with Gasteiger partial charge in [-0.15, -0.1) is 0 Å². The van der Waals surface area contributed by atoms with Crippen molar-refractivity contribution in [3.05, 3.63) is 94.4 Å². The van der Waals surface area contributed by atoms with Crippen molar-refractivity contribution in [1.29, 1.82) is 0 Å². The van der Waals surface area contributed by atoms with E-state index in [1.807, 2.05) is 0 Å². The second-order valence-electron chi connectivity index (χ2n) is 11.1. The summed E-state index contributed by atoms with van der Waals surface area (Å²) in [6.07, 6.45) is 1.61. The first-order chi connectivity index (χ1) is 21.9. The molecule has 1 fully saturated rings. The fourth-order valence-electron chi connectivity index (χ4n) is 6.00. The average molecular weight is 717 g/mol. The molecule has 4 aromatic rings. The van der Waals surface area contributed by atoms with Gasteiger partial charge in [0, 0.05) is 47.3 Å². The molecule has 0 saturated carbocycles. The second-order valence-corrected chi connectivity index (χ2v) is 13.8. The molecule has 2 aliphatic rings. The van der Waals surface area contributed by atoms with E-state index >= 15 is 0 Å². The van der Waals surface area contributed by atoms with E-state index in [1.165, 1.54) is 29.4 Å². The molecule has 1 N–H and O–H groups in total. The summed E-state index contributed by atoms with van der Waals surface area (Å²) in [6, 6.07) is 14.0. The predicted molar refractivity (Wildman–Crippen MR) is 165 cm³/mol. The molecule has 1 saturated heterocycles. The highest BCUT2D eigenvalue weighted by Crippen LogP contribution is 2.31. The molecule has 3 unspecified atom stereocenters. The first kappa shape index (κ1) is 31.8. The van der Waals surface area contributed by atoms with Gasteiger partial charge in [0.25, 0.3) is 15.9 Å². The minimum absolute atomic E-state index is 0.0367. The van der Waals surface area contributed by atoms with Gasteiger partial charge < -0.3 is 19.9 Å². The van der Waals surface area contributed by atoms with E-state index < -0.39 is 46.6 Å². The number of aromatic nitrogens is 2. The van der Waals surface area contributed by atoms with Gasteiger partial charge in [0.1, 0.15) is 12.6 Å². The maximum atomic E-state index is 13.8. The Morgan fingerprint density at radius 3 is 2.63 bits per heavy atom. The molecule has 2 aromatic carbocycles. The zero-order valence-corrected chi connectivity index (χ0v) is 26.7. The SMILES string of the molecule is CC(NC(=O)C1CC(OC(F)F)CN1C(=O)CN1Cc2cc(Br)ccc2C1=O)c1cc2cnccc2n1S(=O)(=O)c1ccccc1. The van der Waals surface area contributed by atoms with Gasteiger partial charge in [0.05, 0.1) is 28.3 Å². The topological polar surface area (TPSA) is 131 Å². The molecule has 6 rings (SSSR count). The summed E-state index contributed by atoms with van der Waals surface area (Å²) in [6.45, 7) is -2.02. The predicted octanol–water partition coefficient (Wildman–Crippen LogP) is 4.08. The van der Waals surface area contributed by atoms with Crippen LogP contribution in [0.3, 0.4) is 0 Å². The van der Waals surface area contributed by atoms with E-state index in [4.69, 9.17) is 0 Å². The largest absolute Gasteiger partial charge is 0.346 e. The van der Waals surface area contributed by atoms with Crippen LogP contribution in [0.15, 0.2) is 82.4 Å². The van der Waals surface area contributed by atoms with E-state index in [0.29, 0.717) is 16.5 Å². The Balaban J connectivity index is 1.25. The normalized spacial score (nSPS) is 18.8. The van der Waals surface area contributed by atoms with Gasteiger partial charge in [-0.3, -0.25) is 19.4 Å². The van der Waals surface area contributed by atoms with Gasteiger partial charge in [0.15, 0.2) is 0 Å². The molecule has 2 aromatic heterocycles. The number of ether oxygens (including phenoxy) is 1. The lowest BCUT2D eigenvalue weighted by Crippen LogP contribution is -2.49. The zero-order chi connectivity index (χ0) is 32.7. The van der Waals surface area contributed by atoms with Crippen LogP contribution in [0.25, 0.3) is 10.9 Å². The van der Waals surface area contributed by atoms with Gasteiger partial charge in [0.2, 0.25) is 11.8 Å². The van der Waals surface area contributed by atoms with Crippen molar-refractivity contribution in [1.82, 2.24) is 24.1 Å². The smallest absolute Gasteiger partial charge is 0.345 e. The lowest BCUT2D eigenvalue weighted by molar-refractivity contribution is -0.160. The molecule has 3 amide bonds. The number of alkyl halides is 2. The molecule has 4 heterocycles. The highest BCUT2D eigenvalue weighted by molar-refractivity contribution is 9.10. The number of nitrogens with zero attached hydrogens (tertiary/aromatic N) is 4. The van der Waals surface area contributed by atoms with Crippen LogP contribution < -0.4 is 5.32 Å². The summed E-state index contributed by atoms with van der Waals surface area (Å²) >= 11 is 3.37. The van der Waals surface area contributed by atoms with Gasteiger partial charge >= 0.3 is 6.61 Å². The van der Waals surface area contributed by atoms with Crippen LogP contribution in [0.5, 0.6) is 0 Å². The van der Waals surface area contributed by atoms with Crippen LogP contribution in [-0.2, 0) is 30.9 Å². The third-order valence-electron chi connectivity index (χ3n) is 8.12. The Bertz CT molecular complexity index is 1940. The van der Waals surface area contributed by atoms with Crippen LogP contribution in [0.2, 0.25) is 0 Å². The van der Waals surface area contributed by atoms with Crippen molar-refractivity contribution in [2.45, 2.75) is 49.6 Å². The number of fused-ring (bicyclic) bond motifs is 2. The quantitative estimate of drug-likeness (QED) is 0.277. The zero-order valence-electron chi connectivity index (χ0n) is 24.3. The van der Waals surface area contributed by atoms with E-state index in [0.717, 1.165) is 18.9 Å². The standard InChI is InChI=1S/C31H28BrF2N5O6S/c1-18(26-12-19-14-35-10-9-25(19)39(26)46(43,44)23-5-3-2-4-6-23)36-29(41)27-13-22(45-31(33)34)16-38(27)28(40)17-37-15-20-11-21(32)7-8-24(20)30(37)42/h2-12,14,18,22,27,31H,13,15-17H2,1H3,(H,36,41). The monoisotopic (exact) mass is 715 g/mol. The third kappa shape index (κ3) is 6.01. The molecule has 11 nitrogen and oxygen atoms in total. The molecule has 0 bridgehead atoms. The number of nitrogens with one attached hydrogen (secondary N) is 1. The van der Waals surface area contributed by atoms with Crippen molar-refractivity contribution in [3.63, 3.8) is 0 Å². The molecule has 0 radical (unpaired) electrons. The van der Waals surface area contributed by atoms with Gasteiger partial charge in [-0.25, -0.2) is 12.4 Å². The van der Waals surface area contributed by atoms with Crippen LogP contribution in [0.1, 0.15) is 41.0 Å². The fraction of sp³-hybridized carbons (Fsp3) is 0.290. The fourth-order valence-corrected chi connectivity index (χ4v) is 8.03. The minimum atomic E-state index is -4.11. The molecule has 15 heteroatoms. The van der Waals surface area contributed by atoms with Gasteiger partial charge in [-0.1, -0.05) is 34.1 Å². The van der Waals surface area contributed by atoms with E-state index in [-0.39, 0.29) is 42.6 Å². The number of rotatable bonds is 9. The summed E-state index contributed by atoms with van der Waals surface area (Å²) in [5, 5.41) is 3.30. The van der Waals surface area contributed by atoms with Gasteiger partial charge in [-0.05, 0) is 55.0 Å². The molecule has 0 aliphatic carbocycles.